The molecule has 0 amide bonds. The lowest BCUT2D eigenvalue weighted by Gasteiger charge is -2.44. The number of rotatable bonds is 3. The predicted molar refractivity (Wildman–Crippen MR) is 93.2 cm³/mol. The maximum Gasteiger partial charge on any atom is 0.331 e. The van der Waals surface area contributed by atoms with Crippen LogP contribution in [0.15, 0.2) is 72.3 Å². The van der Waals surface area contributed by atoms with Crippen molar-refractivity contribution in [3.05, 3.63) is 83.4 Å². The predicted octanol–water partition coefficient (Wildman–Crippen LogP) is 3.88. The van der Waals surface area contributed by atoms with Crippen molar-refractivity contribution in [2.24, 2.45) is 0 Å². The molecule has 2 aromatic rings. The van der Waals surface area contributed by atoms with Gasteiger partial charge in [-0.25, -0.2) is 4.79 Å². The van der Waals surface area contributed by atoms with E-state index in [4.69, 9.17) is 4.74 Å². The number of esters is 1. The summed E-state index contributed by atoms with van der Waals surface area (Å²) in [5, 5.41) is 0. The Labute approximate surface area is 142 Å². The van der Waals surface area contributed by atoms with Crippen LogP contribution in [0.3, 0.4) is 0 Å². The molecule has 2 aliphatic rings. The lowest BCUT2D eigenvalue weighted by atomic mass is 9.82. The van der Waals surface area contributed by atoms with E-state index >= 15 is 0 Å². The number of benzene rings is 2. The number of piperidine rings is 1. The molecule has 0 saturated carbocycles. The average molecular weight is 319 g/mol. The van der Waals surface area contributed by atoms with Crippen LogP contribution in [0.2, 0.25) is 0 Å². The van der Waals surface area contributed by atoms with Crippen LogP contribution in [0.25, 0.3) is 0 Å². The molecular formula is C21H21NO2. The number of carbonyl (C=O) groups excluding carboxylic acids is 1. The second-order valence-electron chi connectivity index (χ2n) is 6.84. The van der Waals surface area contributed by atoms with Gasteiger partial charge >= 0.3 is 5.97 Å². The van der Waals surface area contributed by atoms with Gasteiger partial charge in [-0.15, -0.1) is 0 Å². The fourth-order valence-corrected chi connectivity index (χ4v) is 3.84. The fraction of sp³-hybridized carbons (Fsp3) is 0.286. The number of ether oxygens (including phenoxy) is 1. The molecule has 2 atom stereocenters. The Morgan fingerprint density at radius 2 is 1.75 bits per heavy atom. The summed E-state index contributed by atoms with van der Waals surface area (Å²) in [5.41, 5.74) is 3.19. The smallest absolute Gasteiger partial charge is 0.331 e. The molecule has 0 radical (unpaired) electrons. The number of fused-ring (bicyclic) bond motifs is 1. The molecule has 2 aliphatic heterocycles. The lowest BCUT2D eigenvalue weighted by Crippen LogP contribution is -2.48. The Balaban J connectivity index is 1.68. The third-order valence-electron chi connectivity index (χ3n) is 5.07. The van der Waals surface area contributed by atoms with Gasteiger partial charge in [0.1, 0.15) is 5.60 Å². The monoisotopic (exact) mass is 319 g/mol. The molecule has 24 heavy (non-hydrogen) atoms. The Kier molecular flexibility index (Phi) is 3.73. The maximum absolute atomic E-state index is 11.8. The molecule has 3 heteroatoms. The van der Waals surface area contributed by atoms with Gasteiger partial charge < -0.3 is 4.74 Å². The number of hydrogen-bond acceptors (Lipinski definition) is 3. The summed E-state index contributed by atoms with van der Waals surface area (Å²) in [6, 6.07) is 21.3. The van der Waals surface area contributed by atoms with E-state index in [1.54, 1.807) is 6.08 Å². The first-order chi connectivity index (χ1) is 11.6. The minimum absolute atomic E-state index is 0.208. The van der Waals surface area contributed by atoms with Crippen LogP contribution in [0, 0.1) is 0 Å². The number of carbonyl (C=O) groups is 1. The molecule has 2 heterocycles. The second-order valence-corrected chi connectivity index (χ2v) is 6.84. The van der Waals surface area contributed by atoms with Gasteiger partial charge in [0.2, 0.25) is 0 Å². The molecule has 0 spiro atoms. The van der Waals surface area contributed by atoms with Gasteiger partial charge in [0.05, 0.1) is 0 Å². The average Bonchev–Trinajstić information content (AvgIpc) is 2.88. The standard InChI is InChI=1S/C21H21NO2/c1-21-15-22(14-16-8-4-2-5-9-16)19(17-10-6-3-7-11-17)12-18(21)13-20(23)24-21/h2-11,13,19H,12,14-15H2,1H3/t19-,21-/m0/s1. The van der Waals surface area contributed by atoms with Crippen molar-refractivity contribution in [3.8, 4) is 0 Å². The number of nitrogens with zero attached hydrogens (tertiary/aromatic N) is 1. The van der Waals surface area contributed by atoms with Gasteiger partial charge in [-0.2, -0.15) is 0 Å². The second kappa shape index (κ2) is 5.91. The highest BCUT2D eigenvalue weighted by Gasteiger charge is 2.46. The Morgan fingerprint density at radius 3 is 2.46 bits per heavy atom. The molecule has 122 valence electrons. The zero-order valence-corrected chi connectivity index (χ0v) is 13.8. The van der Waals surface area contributed by atoms with E-state index in [-0.39, 0.29) is 12.0 Å². The molecule has 0 bridgehead atoms. The molecule has 0 aromatic heterocycles. The molecule has 2 aromatic carbocycles. The summed E-state index contributed by atoms with van der Waals surface area (Å²) in [5.74, 6) is -0.208. The van der Waals surface area contributed by atoms with E-state index < -0.39 is 5.60 Å². The van der Waals surface area contributed by atoms with Gasteiger partial charge in [0, 0.05) is 25.2 Å². The molecule has 3 nitrogen and oxygen atoms in total. The highest BCUT2D eigenvalue weighted by atomic mass is 16.6. The van der Waals surface area contributed by atoms with Crippen LogP contribution < -0.4 is 0 Å². The summed E-state index contributed by atoms with van der Waals surface area (Å²) in [6.07, 6.45) is 2.52. The molecule has 1 fully saturated rings. The summed E-state index contributed by atoms with van der Waals surface area (Å²) in [6.45, 7) is 3.60. The number of likely N-dealkylation sites (tertiary alicyclic amines) is 1. The van der Waals surface area contributed by atoms with Crippen molar-refractivity contribution < 1.29 is 9.53 Å². The topological polar surface area (TPSA) is 29.5 Å². The van der Waals surface area contributed by atoms with Crippen molar-refractivity contribution >= 4 is 5.97 Å². The normalized spacial score (nSPS) is 26.6. The molecule has 0 N–H and O–H groups in total. The third kappa shape index (κ3) is 2.76. The van der Waals surface area contributed by atoms with Crippen molar-refractivity contribution in [1.82, 2.24) is 4.90 Å². The van der Waals surface area contributed by atoms with Crippen molar-refractivity contribution in [2.75, 3.05) is 6.54 Å². The Bertz CT molecular complexity index is 769. The van der Waals surface area contributed by atoms with Crippen LogP contribution in [-0.2, 0) is 16.1 Å². The van der Waals surface area contributed by atoms with Crippen LogP contribution in [0.5, 0.6) is 0 Å². The zero-order chi connectivity index (χ0) is 16.6. The summed E-state index contributed by atoms with van der Waals surface area (Å²) >= 11 is 0. The molecule has 0 aliphatic carbocycles. The van der Waals surface area contributed by atoms with E-state index in [1.165, 1.54) is 11.1 Å². The van der Waals surface area contributed by atoms with Crippen molar-refractivity contribution in [1.29, 1.82) is 0 Å². The molecule has 4 rings (SSSR count). The first-order valence-electron chi connectivity index (χ1n) is 8.41. The van der Waals surface area contributed by atoms with E-state index in [1.807, 2.05) is 19.1 Å². The molecule has 1 saturated heterocycles. The van der Waals surface area contributed by atoms with Crippen LogP contribution in [0.4, 0.5) is 0 Å². The quantitative estimate of drug-likeness (QED) is 0.804. The van der Waals surface area contributed by atoms with Gasteiger partial charge in [-0.1, -0.05) is 60.7 Å². The number of hydrogen-bond donors (Lipinski definition) is 0. The first kappa shape index (κ1) is 15.2. The highest BCUT2D eigenvalue weighted by molar-refractivity contribution is 5.87. The Hall–Kier alpha value is -2.39. The Morgan fingerprint density at radius 1 is 1.08 bits per heavy atom. The summed E-state index contributed by atoms with van der Waals surface area (Å²) < 4.78 is 5.63. The van der Waals surface area contributed by atoms with Crippen LogP contribution in [0.1, 0.15) is 30.5 Å². The van der Waals surface area contributed by atoms with E-state index in [2.05, 4.69) is 53.4 Å². The lowest BCUT2D eigenvalue weighted by molar-refractivity contribution is -0.148. The fourth-order valence-electron chi connectivity index (χ4n) is 3.84. The summed E-state index contributed by atoms with van der Waals surface area (Å²) in [7, 11) is 0. The highest BCUT2D eigenvalue weighted by Crippen LogP contribution is 2.43. The largest absolute Gasteiger partial charge is 0.450 e. The van der Waals surface area contributed by atoms with Gasteiger partial charge in [0.15, 0.2) is 0 Å². The van der Waals surface area contributed by atoms with Crippen LogP contribution >= 0.6 is 0 Å². The first-order valence-corrected chi connectivity index (χ1v) is 8.41. The van der Waals surface area contributed by atoms with E-state index in [9.17, 15) is 4.79 Å². The molecular weight excluding hydrogens is 298 g/mol. The summed E-state index contributed by atoms with van der Waals surface area (Å²) in [4.78, 5) is 14.2. The van der Waals surface area contributed by atoms with Gasteiger partial charge in [-0.05, 0) is 30.0 Å². The van der Waals surface area contributed by atoms with Crippen molar-refractivity contribution in [3.63, 3.8) is 0 Å². The maximum atomic E-state index is 11.8. The van der Waals surface area contributed by atoms with Gasteiger partial charge in [-0.3, -0.25) is 4.90 Å². The van der Waals surface area contributed by atoms with Gasteiger partial charge in [0.25, 0.3) is 0 Å². The SMILES string of the molecule is C[C@]12CN(Cc3ccccc3)[C@H](c3ccccc3)CC1=CC(=O)O2. The third-order valence-corrected chi connectivity index (χ3v) is 5.07. The van der Waals surface area contributed by atoms with Crippen LogP contribution in [-0.4, -0.2) is 23.0 Å². The zero-order valence-electron chi connectivity index (χ0n) is 13.8. The molecule has 0 unspecified atom stereocenters. The van der Waals surface area contributed by atoms with E-state index in [0.29, 0.717) is 0 Å². The minimum Gasteiger partial charge on any atom is -0.450 e. The van der Waals surface area contributed by atoms with E-state index in [0.717, 1.165) is 25.1 Å². The van der Waals surface area contributed by atoms with Crippen molar-refractivity contribution in [2.45, 2.75) is 31.5 Å². The minimum atomic E-state index is -0.489.